The van der Waals surface area contributed by atoms with Crippen molar-refractivity contribution in [1.82, 2.24) is 9.80 Å². The standard InChI is InChI=1S/C27H32N4O4S2/c1-5-31(6-2)27(33)24-22-16-17-29(3)18-23(22)36-26(24)28-25(32)19-12-14-21(15-13-19)37(34,35)30(4)20-10-8-7-9-11-20/h7-15H,5-6,16-18H2,1-4H3,(H,28,32). The van der Waals surface area contributed by atoms with Crippen LogP contribution in [0.1, 0.15) is 45.0 Å². The summed E-state index contributed by atoms with van der Waals surface area (Å²) in [5, 5.41) is 3.49. The number of amides is 2. The Morgan fingerprint density at radius 2 is 1.68 bits per heavy atom. The molecule has 2 amide bonds. The summed E-state index contributed by atoms with van der Waals surface area (Å²) in [4.78, 5) is 31.7. The number of likely N-dealkylation sites (N-methyl/N-ethyl adjacent to an activating group) is 1. The molecule has 0 unspecified atom stereocenters. The van der Waals surface area contributed by atoms with Crippen LogP contribution >= 0.6 is 11.3 Å². The molecule has 2 heterocycles. The number of para-hydroxylation sites is 1. The number of anilines is 2. The Hall–Kier alpha value is -3.21. The van der Waals surface area contributed by atoms with Crippen LogP contribution < -0.4 is 9.62 Å². The molecule has 1 N–H and O–H groups in total. The molecule has 1 aliphatic rings. The molecule has 4 rings (SSSR count). The Kier molecular flexibility index (Phi) is 8.01. The van der Waals surface area contributed by atoms with Crippen LogP contribution in [0.2, 0.25) is 0 Å². The molecule has 0 fully saturated rings. The van der Waals surface area contributed by atoms with Crippen molar-refractivity contribution < 1.29 is 18.0 Å². The summed E-state index contributed by atoms with van der Waals surface area (Å²) in [6, 6.07) is 14.6. The van der Waals surface area contributed by atoms with Gasteiger partial charge < -0.3 is 15.1 Å². The fourth-order valence-electron chi connectivity index (χ4n) is 4.40. The van der Waals surface area contributed by atoms with Crippen LogP contribution in [0, 0.1) is 0 Å². The number of thiophene rings is 1. The number of rotatable bonds is 8. The minimum absolute atomic E-state index is 0.0762. The number of nitrogens with one attached hydrogen (secondary N) is 1. The summed E-state index contributed by atoms with van der Waals surface area (Å²) in [5.74, 6) is -0.464. The van der Waals surface area contributed by atoms with E-state index in [1.165, 1.54) is 47.0 Å². The zero-order chi connectivity index (χ0) is 26.7. The summed E-state index contributed by atoms with van der Waals surface area (Å²) < 4.78 is 27.3. The first-order valence-electron chi connectivity index (χ1n) is 12.2. The van der Waals surface area contributed by atoms with E-state index in [0.29, 0.717) is 34.9 Å². The number of carbonyl (C=O) groups is 2. The number of nitrogens with zero attached hydrogens (tertiary/aromatic N) is 3. The Morgan fingerprint density at radius 1 is 1.03 bits per heavy atom. The van der Waals surface area contributed by atoms with Gasteiger partial charge in [-0.2, -0.15) is 0 Å². The fraction of sp³-hybridized carbons (Fsp3) is 0.333. The first-order valence-corrected chi connectivity index (χ1v) is 14.5. The van der Waals surface area contributed by atoms with E-state index in [0.717, 1.165) is 30.0 Å². The summed E-state index contributed by atoms with van der Waals surface area (Å²) >= 11 is 1.44. The van der Waals surface area contributed by atoms with Crippen molar-refractivity contribution >= 4 is 43.9 Å². The van der Waals surface area contributed by atoms with E-state index in [1.807, 2.05) is 27.0 Å². The lowest BCUT2D eigenvalue weighted by molar-refractivity contribution is 0.0772. The normalized spacial score (nSPS) is 13.6. The first kappa shape index (κ1) is 26.8. The lowest BCUT2D eigenvalue weighted by Crippen LogP contribution is -2.33. The average molecular weight is 541 g/mol. The molecule has 196 valence electrons. The molecule has 0 atom stereocenters. The molecule has 8 nitrogen and oxygen atoms in total. The molecule has 1 aliphatic heterocycles. The minimum atomic E-state index is -3.79. The smallest absolute Gasteiger partial charge is 0.264 e. The van der Waals surface area contributed by atoms with Gasteiger partial charge in [-0.05, 0) is 69.3 Å². The number of carbonyl (C=O) groups excluding carboxylic acids is 2. The SMILES string of the molecule is CCN(CC)C(=O)c1c(NC(=O)c2ccc(S(=O)(=O)N(C)c3ccccc3)cc2)sc2c1CCN(C)C2. The molecule has 10 heteroatoms. The zero-order valence-corrected chi connectivity index (χ0v) is 23.2. The highest BCUT2D eigenvalue weighted by atomic mass is 32.2. The zero-order valence-electron chi connectivity index (χ0n) is 21.5. The molecular weight excluding hydrogens is 508 g/mol. The summed E-state index contributed by atoms with van der Waals surface area (Å²) in [7, 11) is -0.250. The van der Waals surface area contributed by atoms with Crippen molar-refractivity contribution in [2.45, 2.75) is 31.7 Å². The second-order valence-electron chi connectivity index (χ2n) is 8.96. The summed E-state index contributed by atoms with van der Waals surface area (Å²) in [6.07, 6.45) is 0.752. The van der Waals surface area contributed by atoms with Gasteiger partial charge in [-0.25, -0.2) is 8.42 Å². The molecule has 0 bridgehead atoms. The van der Waals surface area contributed by atoms with E-state index < -0.39 is 10.0 Å². The van der Waals surface area contributed by atoms with E-state index in [2.05, 4.69) is 10.2 Å². The Morgan fingerprint density at radius 3 is 2.30 bits per heavy atom. The van der Waals surface area contributed by atoms with Crippen LogP contribution in [-0.2, 0) is 23.0 Å². The van der Waals surface area contributed by atoms with Crippen molar-refractivity contribution in [3.8, 4) is 0 Å². The highest BCUT2D eigenvalue weighted by Gasteiger charge is 2.30. The number of sulfonamides is 1. The summed E-state index contributed by atoms with van der Waals surface area (Å²) in [5.41, 5.74) is 2.45. The van der Waals surface area contributed by atoms with E-state index in [1.54, 1.807) is 29.2 Å². The van der Waals surface area contributed by atoms with Crippen LogP contribution in [0.25, 0.3) is 0 Å². The quantitative estimate of drug-likeness (QED) is 0.460. The van der Waals surface area contributed by atoms with Crippen molar-refractivity contribution in [2.75, 3.05) is 43.4 Å². The van der Waals surface area contributed by atoms with Crippen LogP contribution in [0.5, 0.6) is 0 Å². The van der Waals surface area contributed by atoms with Crippen molar-refractivity contribution in [2.24, 2.45) is 0 Å². The van der Waals surface area contributed by atoms with E-state index in [4.69, 9.17) is 0 Å². The number of hydrogen-bond donors (Lipinski definition) is 1. The van der Waals surface area contributed by atoms with Crippen LogP contribution in [0.15, 0.2) is 59.5 Å². The van der Waals surface area contributed by atoms with Crippen molar-refractivity contribution in [3.05, 3.63) is 76.2 Å². The van der Waals surface area contributed by atoms with Gasteiger partial charge in [0.15, 0.2) is 0 Å². The Labute approximate surface area is 222 Å². The van der Waals surface area contributed by atoms with Gasteiger partial charge in [0.2, 0.25) is 0 Å². The highest BCUT2D eigenvalue weighted by Crippen LogP contribution is 2.38. The van der Waals surface area contributed by atoms with Gasteiger partial charge in [0.1, 0.15) is 5.00 Å². The molecule has 2 aromatic carbocycles. The number of fused-ring (bicyclic) bond motifs is 1. The molecular formula is C27H32N4O4S2. The predicted octanol–water partition coefficient (Wildman–Crippen LogP) is 4.30. The fourth-order valence-corrected chi connectivity index (χ4v) is 6.91. The largest absolute Gasteiger partial charge is 0.339 e. The third kappa shape index (κ3) is 5.41. The van der Waals surface area contributed by atoms with Gasteiger partial charge in [-0.3, -0.25) is 13.9 Å². The molecule has 3 aromatic rings. The lowest BCUT2D eigenvalue weighted by atomic mass is 10.0. The van der Waals surface area contributed by atoms with E-state index in [-0.39, 0.29) is 16.7 Å². The second kappa shape index (κ2) is 11.0. The third-order valence-electron chi connectivity index (χ3n) is 6.63. The molecule has 0 saturated carbocycles. The molecule has 0 saturated heterocycles. The maximum Gasteiger partial charge on any atom is 0.264 e. The summed E-state index contributed by atoms with van der Waals surface area (Å²) in [6.45, 7) is 6.63. The predicted molar refractivity (Wildman–Crippen MR) is 148 cm³/mol. The monoisotopic (exact) mass is 540 g/mol. The topological polar surface area (TPSA) is 90.0 Å². The molecule has 1 aromatic heterocycles. The van der Waals surface area contributed by atoms with Crippen LogP contribution in [0.3, 0.4) is 0 Å². The average Bonchev–Trinajstić information content (AvgIpc) is 3.25. The minimum Gasteiger partial charge on any atom is -0.339 e. The van der Waals surface area contributed by atoms with Crippen molar-refractivity contribution in [1.29, 1.82) is 0 Å². The lowest BCUT2D eigenvalue weighted by Gasteiger charge is -2.24. The van der Waals surface area contributed by atoms with Gasteiger partial charge in [0.25, 0.3) is 21.8 Å². The van der Waals surface area contributed by atoms with Crippen LogP contribution in [-0.4, -0.2) is 63.8 Å². The molecule has 37 heavy (non-hydrogen) atoms. The van der Waals surface area contributed by atoms with Gasteiger partial charge in [0.05, 0.1) is 16.1 Å². The van der Waals surface area contributed by atoms with E-state index >= 15 is 0 Å². The maximum absolute atomic E-state index is 13.4. The number of benzene rings is 2. The Bertz CT molecular complexity index is 1380. The molecule has 0 radical (unpaired) electrons. The van der Waals surface area contributed by atoms with Crippen molar-refractivity contribution in [3.63, 3.8) is 0 Å². The molecule has 0 spiro atoms. The highest BCUT2D eigenvalue weighted by molar-refractivity contribution is 7.92. The van der Waals surface area contributed by atoms with Gasteiger partial charge in [-0.15, -0.1) is 11.3 Å². The van der Waals surface area contributed by atoms with Gasteiger partial charge in [-0.1, -0.05) is 18.2 Å². The first-order chi connectivity index (χ1) is 17.7. The van der Waals surface area contributed by atoms with E-state index in [9.17, 15) is 18.0 Å². The third-order valence-corrected chi connectivity index (χ3v) is 9.57. The second-order valence-corrected chi connectivity index (χ2v) is 12.0. The maximum atomic E-state index is 13.4. The van der Waals surface area contributed by atoms with Gasteiger partial charge >= 0.3 is 0 Å². The molecule has 0 aliphatic carbocycles. The van der Waals surface area contributed by atoms with Gasteiger partial charge in [0, 0.05) is 43.7 Å². The number of hydrogen-bond acceptors (Lipinski definition) is 6. The Balaban J connectivity index is 1.59. The van der Waals surface area contributed by atoms with Crippen LogP contribution in [0.4, 0.5) is 10.7 Å².